The molecule has 1 heterocycles. The summed E-state index contributed by atoms with van der Waals surface area (Å²) in [5, 5.41) is 0. The summed E-state index contributed by atoms with van der Waals surface area (Å²) in [6, 6.07) is 7.94. The molecule has 1 aliphatic rings. The zero-order valence-corrected chi connectivity index (χ0v) is 12.8. The molecular weight excluding hydrogens is 262 g/mol. The average molecular weight is 285 g/mol. The molecule has 1 unspecified atom stereocenters. The molecule has 1 atom stereocenters. The quantitative estimate of drug-likeness (QED) is 0.830. The molecule has 0 saturated carbocycles. The van der Waals surface area contributed by atoms with E-state index in [9.17, 15) is 4.79 Å². The van der Waals surface area contributed by atoms with Gasteiger partial charge in [0.15, 0.2) is 0 Å². The molecule has 0 bridgehead atoms. The molecule has 1 aliphatic heterocycles. The van der Waals surface area contributed by atoms with Gasteiger partial charge in [-0.2, -0.15) is 0 Å². The minimum Gasteiger partial charge on any atom is -0.337 e. The van der Waals surface area contributed by atoms with Crippen LogP contribution in [0.4, 0.5) is 0 Å². The van der Waals surface area contributed by atoms with Gasteiger partial charge >= 0.3 is 0 Å². The highest BCUT2D eigenvalue weighted by Gasteiger charge is 2.26. The number of carbonyl (C=O) groups is 1. The number of hydrogen-bond acceptors (Lipinski definition) is 3. The molecule has 2 rings (SSSR count). The van der Waals surface area contributed by atoms with Gasteiger partial charge in [-0.1, -0.05) is 24.0 Å². The summed E-state index contributed by atoms with van der Waals surface area (Å²) in [5.41, 5.74) is 6.86. The van der Waals surface area contributed by atoms with Gasteiger partial charge in [-0.25, -0.2) is 0 Å². The summed E-state index contributed by atoms with van der Waals surface area (Å²) in [7, 11) is 4.14. The van der Waals surface area contributed by atoms with E-state index < -0.39 is 0 Å². The first-order valence-corrected chi connectivity index (χ1v) is 7.37. The molecule has 1 fully saturated rings. The van der Waals surface area contributed by atoms with E-state index in [-0.39, 0.29) is 5.91 Å². The third-order valence-corrected chi connectivity index (χ3v) is 3.90. The van der Waals surface area contributed by atoms with Crippen LogP contribution >= 0.6 is 0 Å². The van der Waals surface area contributed by atoms with E-state index in [0.29, 0.717) is 18.2 Å². The molecule has 1 aromatic carbocycles. The number of nitrogens with zero attached hydrogens (tertiary/aromatic N) is 2. The monoisotopic (exact) mass is 285 g/mol. The fourth-order valence-corrected chi connectivity index (χ4v) is 2.66. The lowest BCUT2D eigenvalue weighted by Crippen LogP contribution is -2.47. The Hall–Kier alpha value is -1.83. The van der Waals surface area contributed by atoms with E-state index in [1.165, 1.54) is 0 Å². The molecule has 1 saturated heterocycles. The van der Waals surface area contributed by atoms with Crippen LogP contribution in [0.25, 0.3) is 0 Å². The Balaban J connectivity index is 2.20. The number of amides is 1. The minimum absolute atomic E-state index is 0.0727. The Morgan fingerprint density at radius 1 is 1.43 bits per heavy atom. The van der Waals surface area contributed by atoms with Crippen LogP contribution < -0.4 is 5.73 Å². The Bertz CT molecular complexity index is 557. The molecule has 0 aliphatic carbocycles. The average Bonchev–Trinajstić information content (AvgIpc) is 2.52. The van der Waals surface area contributed by atoms with Crippen molar-refractivity contribution in [2.45, 2.75) is 18.9 Å². The van der Waals surface area contributed by atoms with E-state index in [0.717, 1.165) is 31.5 Å². The lowest BCUT2D eigenvalue weighted by Gasteiger charge is -2.36. The van der Waals surface area contributed by atoms with E-state index in [1.807, 2.05) is 29.2 Å². The molecule has 2 N–H and O–H groups in total. The van der Waals surface area contributed by atoms with Crippen LogP contribution in [-0.4, -0.2) is 55.5 Å². The van der Waals surface area contributed by atoms with Gasteiger partial charge in [-0.3, -0.25) is 4.79 Å². The van der Waals surface area contributed by atoms with Crippen LogP contribution in [0.3, 0.4) is 0 Å². The van der Waals surface area contributed by atoms with Gasteiger partial charge in [-0.15, -0.1) is 0 Å². The minimum atomic E-state index is 0.0727. The molecule has 1 aromatic rings. The number of rotatable bonds is 2. The molecule has 112 valence electrons. The maximum Gasteiger partial charge on any atom is 0.255 e. The third-order valence-electron chi connectivity index (χ3n) is 3.90. The van der Waals surface area contributed by atoms with Gasteiger partial charge in [-0.05, 0) is 39.1 Å². The Morgan fingerprint density at radius 2 is 2.19 bits per heavy atom. The number of hydrogen-bond donors (Lipinski definition) is 1. The molecule has 0 radical (unpaired) electrons. The molecule has 0 spiro atoms. The summed E-state index contributed by atoms with van der Waals surface area (Å²) in [4.78, 5) is 16.9. The molecule has 4 nitrogen and oxygen atoms in total. The van der Waals surface area contributed by atoms with E-state index in [4.69, 9.17) is 5.73 Å². The maximum atomic E-state index is 12.8. The lowest BCUT2D eigenvalue weighted by atomic mass is 10.0. The zero-order chi connectivity index (χ0) is 15.2. The van der Waals surface area contributed by atoms with Crippen molar-refractivity contribution in [3.63, 3.8) is 0 Å². The summed E-state index contributed by atoms with van der Waals surface area (Å²) in [6.45, 7) is 1.90. The summed E-state index contributed by atoms with van der Waals surface area (Å²) < 4.78 is 0. The Morgan fingerprint density at radius 3 is 2.90 bits per heavy atom. The highest BCUT2D eigenvalue weighted by atomic mass is 16.2. The standard InChI is InChI=1S/C17H23N3O/c1-19(2)15-9-6-12-20(13-15)17(21)16-10-4-3-7-14(16)8-5-11-18/h3-4,7,10,15H,6,9,11-13,18H2,1-2H3. The number of benzene rings is 1. The fourth-order valence-electron chi connectivity index (χ4n) is 2.66. The SMILES string of the molecule is CN(C)C1CCCN(C(=O)c2ccccc2C#CCN)C1. The second-order valence-corrected chi connectivity index (χ2v) is 5.56. The topological polar surface area (TPSA) is 49.6 Å². The van der Waals surface area contributed by atoms with Gasteiger partial charge in [0.1, 0.15) is 0 Å². The van der Waals surface area contributed by atoms with Crippen LogP contribution in [0.15, 0.2) is 24.3 Å². The Kier molecular flexibility index (Phi) is 5.38. The van der Waals surface area contributed by atoms with Crippen molar-refractivity contribution in [2.24, 2.45) is 5.73 Å². The largest absolute Gasteiger partial charge is 0.337 e. The third kappa shape index (κ3) is 3.84. The van der Waals surface area contributed by atoms with E-state index in [2.05, 4.69) is 30.8 Å². The van der Waals surface area contributed by atoms with E-state index >= 15 is 0 Å². The van der Waals surface area contributed by atoms with Crippen LogP contribution in [0.1, 0.15) is 28.8 Å². The highest BCUT2D eigenvalue weighted by molar-refractivity contribution is 5.96. The van der Waals surface area contributed by atoms with Gasteiger partial charge in [0, 0.05) is 24.7 Å². The number of piperidine rings is 1. The van der Waals surface area contributed by atoms with Gasteiger partial charge in [0.05, 0.1) is 12.1 Å². The van der Waals surface area contributed by atoms with Crippen molar-refractivity contribution in [1.29, 1.82) is 0 Å². The molecular formula is C17H23N3O. The number of likely N-dealkylation sites (N-methyl/N-ethyl adjacent to an activating group) is 1. The zero-order valence-electron chi connectivity index (χ0n) is 12.8. The van der Waals surface area contributed by atoms with Crippen molar-refractivity contribution in [3.8, 4) is 11.8 Å². The highest BCUT2D eigenvalue weighted by Crippen LogP contribution is 2.18. The summed E-state index contributed by atoms with van der Waals surface area (Å²) in [5.74, 6) is 5.90. The van der Waals surface area contributed by atoms with Crippen molar-refractivity contribution >= 4 is 5.91 Å². The number of nitrogens with two attached hydrogens (primary N) is 1. The van der Waals surface area contributed by atoms with Crippen LogP contribution in [0.5, 0.6) is 0 Å². The number of carbonyl (C=O) groups excluding carboxylic acids is 1. The predicted molar refractivity (Wildman–Crippen MR) is 85.0 cm³/mol. The molecule has 1 amide bonds. The molecule has 0 aromatic heterocycles. The first kappa shape index (κ1) is 15.6. The first-order valence-electron chi connectivity index (χ1n) is 7.37. The summed E-state index contributed by atoms with van der Waals surface area (Å²) >= 11 is 0. The summed E-state index contributed by atoms with van der Waals surface area (Å²) in [6.07, 6.45) is 2.19. The first-order chi connectivity index (χ1) is 10.1. The fraction of sp³-hybridized carbons (Fsp3) is 0.471. The number of likely N-dealkylation sites (tertiary alicyclic amines) is 1. The second-order valence-electron chi connectivity index (χ2n) is 5.56. The predicted octanol–water partition coefficient (Wildman–Crippen LogP) is 1.16. The van der Waals surface area contributed by atoms with Gasteiger partial charge in [0.2, 0.25) is 0 Å². The smallest absolute Gasteiger partial charge is 0.255 e. The van der Waals surface area contributed by atoms with Crippen molar-refractivity contribution in [1.82, 2.24) is 9.80 Å². The normalized spacial score (nSPS) is 18.3. The van der Waals surface area contributed by atoms with Crippen LogP contribution in [0.2, 0.25) is 0 Å². The Labute approximate surface area is 126 Å². The molecule has 21 heavy (non-hydrogen) atoms. The van der Waals surface area contributed by atoms with Crippen molar-refractivity contribution in [2.75, 3.05) is 33.7 Å². The van der Waals surface area contributed by atoms with Crippen LogP contribution in [0, 0.1) is 11.8 Å². The van der Waals surface area contributed by atoms with Gasteiger partial charge in [0.25, 0.3) is 5.91 Å². The van der Waals surface area contributed by atoms with Gasteiger partial charge < -0.3 is 15.5 Å². The van der Waals surface area contributed by atoms with Crippen molar-refractivity contribution in [3.05, 3.63) is 35.4 Å². The van der Waals surface area contributed by atoms with Crippen molar-refractivity contribution < 1.29 is 4.79 Å². The van der Waals surface area contributed by atoms with Crippen LogP contribution in [-0.2, 0) is 0 Å². The second kappa shape index (κ2) is 7.26. The lowest BCUT2D eigenvalue weighted by molar-refractivity contribution is 0.0635. The maximum absolute atomic E-state index is 12.8. The van der Waals surface area contributed by atoms with E-state index in [1.54, 1.807) is 0 Å². The molecule has 4 heteroatoms.